The van der Waals surface area contributed by atoms with Gasteiger partial charge in [-0.15, -0.1) is 0 Å². The van der Waals surface area contributed by atoms with Crippen molar-refractivity contribution in [1.82, 2.24) is 10.2 Å². The average Bonchev–Trinajstić information content (AvgIpc) is 2.99. The number of nitrogens with one attached hydrogen (secondary N) is 1. The number of ether oxygens (including phenoxy) is 2. The summed E-state index contributed by atoms with van der Waals surface area (Å²) in [6, 6.07) is 5.48. The molecule has 0 unspecified atom stereocenters. The Balaban J connectivity index is 1.76. The molecule has 2 aliphatic heterocycles. The molecule has 1 atom stereocenters. The molecule has 0 saturated carbocycles. The van der Waals surface area contributed by atoms with Crippen LogP contribution in [0.5, 0.6) is 11.5 Å². The lowest BCUT2D eigenvalue weighted by molar-refractivity contribution is 0.0765. The summed E-state index contributed by atoms with van der Waals surface area (Å²) in [6.07, 6.45) is 1.13. The Kier molecular flexibility index (Phi) is 3.78. The summed E-state index contributed by atoms with van der Waals surface area (Å²) >= 11 is 0. The molecule has 0 aliphatic carbocycles. The van der Waals surface area contributed by atoms with E-state index in [2.05, 4.69) is 5.32 Å². The minimum Gasteiger partial charge on any atom is -0.486 e. The molecule has 20 heavy (non-hydrogen) atoms. The number of benzene rings is 1. The minimum absolute atomic E-state index is 0.000694. The first-order valence-corrected chi connectivity index (χ1v) is 7.10. The van der Waals surface area contributed by atoms with Crippen molar-refractivity contribution in [2.45, 2.75) is 6.42 Å². The SMILES string of the molecule is CN(C[C@@H]1CCNC1)C(=O)c1cccc2c1OCCO2. The van der Waals surface area contributed by atoms with Gasteiger partial charge >= 0.3 is 0 Å². The summed E-state index contributed by atoms with van der Waals surface area (Å²) in [5.41, 5.74) is 0.593. The standard InChI is InChI=1S/C15H20N2O3/c1-17(10-11-5-6-16-9-11)15(18)12-3-2-4-13-14(12)20-8-7-19-13/h2-4,11,16H,5-10H2,1H3/t11-/m1/s1. The molecule has 0 spiro atoms. The van der Waals surface area contributed by atoms with Crippen molar-refractivity contribution in [1.29, 1.82) is 0 Å². The molecule has 2 heterocycles. The lowest BCUT2D eigenvalue weighted by Crippen LogP contribution is -2.33. The van der Waals surface area contributed by atoms with Crippen LogP contribution in [0, 0.1) is 5.92 Å². The number of carbonyl (C=O) groups is 1. The average molecular weight is 276 g/mol. The predicted molar refractivity (Wildman–Crippen MR) is 75.4 cm³/mol. The molecular weight excluding hydrogens is 256 g/mol. The highest BCUT2D eigenvalue weighted by molar-refractivity contribution is 5.97. The van der Waals surface area contributed by atoms with E-state index in [-0.39, 0.29) is 5.91 Å². The van der Waals surface area contributed by atoms with Gasteiger partial charge in [0.15, 0.2) is 11.5 Å². The molecule has 0 aromatic heterocycles. The zero-order chi connectivity index (χ0) is 13.9. The second-order valence-corrected chi connectivity index (χ2v) is 5.37. The van der Waals surface area contributed by atoms with Crippen LogP contribution < -0.4 is 14.8 Å². The Morgan fingerprint density at radius 1 is 1.40 bits per heavy atom. The van der Waals surface area contributed by atoms with Gasteiger partial charge in [0.05, 0.1) is 5.56 Å². The molecular formula is C15H20N2O3. The van der Waals surface area contributed by atoms with E-state index < -0.39 is 0 Å². The molecule has 108 valence electrons. The molecule has 1 aromatic carbocycles. The quantitative estimate of drug-likeness (QED) is 0.899. The van der Waals surface area contributed by atoms with Crippen LogP contribution in [0.15, 0.2) is 18.2 Å². The molecule has 5 heteroatoms. The molecule has 5 nitrogen and oxygen atoms in total. The summed E-state index contributed by atoms with van der Waals surface area (Å²) < 4.78 is 11.1. The Hall–Kier alpha value is -1.75. The fourth-order valence-corrected chi connectivity index (χ4v) is 2.79. The number of hydrogen-bond acceptors (Lipinski definition) is 4. The summed E-state index contributed by atoms with van der Waals surface area (Å²) in [5, 5.41) is 3.32. The fourth-order valence-electron chi connectivity index (χ4n) is 2.79. The van der Waals surface area contributed by atoms with Gasteiger partial charge in [0, 0.05) is 13.6 Å². The van der Waals surface area contributed by atoms with E-state index in [0.29, 0.717) is 36.2 Å². The number of hydrogen-bond donors (Lipinski definition) is 1. The molecule has 2 aliphatic rings. The van der Waals surface area contributed by atoms with E-state index in [1.165, 1.54) is 0 Å². The highest BCUT2D eigenvalue weighted by Crippen LogP contribution is 2.34. The van der Waals surface area contributed by atoms with Crippen LogP contribution in [0.2, 0.25) is 0 Å². The number of para-hydroxylation sites is 1. The van der Waals surface area contributed by atoms with Gasteiger partial charge in [0.1, 0.15) is 13.2 Å². The molecule has 0 radical (unpaired) electrons. The number of amides is 1. The van der Waals surface area contributed by atoms with Crippen LogP contribution in [-0.2, 0) is 0 Å². The maximum atomic E-state index is 12.6. The van der Waals surface area contributed by atoms with Crippen molar-refractivity contribution < 1.29 is 14.3 Å². The summed E-state index contributed by atoms with van der Waals surface area (Å²) in [4.78, 5) is 14.4. The van der Waals surface area contributed by atoms with Crippen LogP contribution >= 0.6 is 0 Å². The van der Waals surface area contributed by atoms with E-state index in [0.717, 1.165) is 26.1 Å². The zero-order valence-corrected chi connectivity index (χ0v) is 11.7. The van der Waals surface area contributed by atoms with Gasteiger partial charge in [-0.1, -0.05) is 6.07 Å². The van der Waals surface area contributed by atoms with Crippen LogP contribution in [0.25, 0.3) is 0 Å². The summed E-state index contributed by atoms with van der Waals surface area (Å²) in [5.74, 6) is 1.79. The third-order valence-electron chi connectivity index (χ3n) is 3.84. The number of fused-ring (bicyclic) bond motifs is 1. The van der Waals surface area contributed by atoms with Crippen molar-refractivity contribution in [3.63, 3.8) is 0 Å². The molecule has 0 bridgehead atoms. The van der Waals surface area contributed by atoms with Gasteiger partial charge in [0.2, 0.25) is 0 Å². The fraction of sp³-hybridized carbons (Fsp3) is 0.533. The van der Waals surface area contributed by atoms with Crippen molar-refractivity contribution in [2.24, 2.45) is 5.92 Å². The van der Waals surface area contributed by atoms with Crippen LogP contribution in [0.1, 0.15) is 16.8 Å². The Morgan fingerprint density at radius 3 is 3.05 bits per heavy atom. The van der Waals surface area contributed by atoms with Crippen molar-refractivity contribution in [3.8, 4) is 11.5 Å². The van der Waals surface area contributed by atoms with E-state index >= 15 is 0 Å². The van der Waals surface area contributed by atoms with E-state index in [4.69, 9.17) is 9.47 Å². The molecule has 1 amide bonds. The Labute approximate surface area is 118 Å². The second-order valence-electron chi connectivity index (χ2n) is 5.37. The molecule has 1 saturated heterocycles. The number of carbonyl (C=O) groups excluding carboxylic acids is 1. The Bertz CT molecular complexity index is 498. The van der Waals surface area contributed by atoms with E-state index in [9.17, 15) is 4.79 Å². The minimum atomic E-state index is -0.000694. The Morgan fingerprint density at radius 2 is 2.25 bits per heavy atom. The van der Waals surface area contributed by atoms with Crippen molar-refractivity contribution >= 4 is 5.91 Å². The zero-order valence-electron chi connectivity index (χ0n) is 11.7. The van der Waals surface area contributed by atoms with Crippen molar-refractivity contribution in [2.75, 3.05) is 39.9 Å². The molecule has 1 aromatic rings. The van der Waals surface area contributed by atoms with Gasteiger partial charge in [-0.25, -0.2) is 0 Å². The highest BCUT2D eigenvalue weighted by Gasteiger charge is 2.25. The smallest absolute Gasteiger partial charge is 0.257 e. The summed E-state index contributed by atoms with van der Waals surface area (Å²) in [6.45, 7) is 3.84. The van der Waals surface area contributed by atoms with Gasteiger partial charge in [-0.3, -0.25) is 4.79 Å². The normalized spacial score (nSPS) is 20.8. The lowest BCUT2D eigenvalue weighted by atomic mass is 10.1. The topological polar surface area (TPSA) is 50.8 Å². The van der Waals surface area contributed by atoms with Gasteiger partial charge < -0.3 is 19.7 Å². The van der Waals surface area contributed by atoms with E-state index in [1.54, 1.807) is 11.0 Å². The molecule has 3 rings (SSSR count). The summed E-state index contributed by atoms with van der Waals surface area (Å²) in [7, 11) is 1.85. The molecule has 1 fully saturated rings. The molecule has 1 N–H and O–H groups in total. The van der Waals surface area contributed by atoms with Crippen LogP contribution in [0.3, 0.4) is 0 Å². The first-order chi connectivity index (χ1) is 9.75. The van der Waals surface area contributed by atoms with Crippen LogP contribution in [0.4, 0.5) is 0 Å². The third-order valence-corrected chi connectivity index (χ3v) is 3.84. The maximum absolute atomic E-state index is 12.6. The highest BCUT2D eigenvalue weighted by atomic mass is 16.6. The van der Waals surface area contributed by atoms with Gasteiger partial charge in [-0.2, -0.15) is 0 Å². The monoisotopic (exact) mass is 276 g/mol. The van der Waals surface area contributed by atoms with Crippen LogP contribution in [-0.4, -0.2) is 50.7 Å². The maximum Gasteiger partial charge on any atom is 0.257 e. The predicted octanol–water partition coefficient (Wildman–Crippen LogP) is 1.14. The number of rotatable bonds is 3. The van der Waals surface area contributed by atoms with E-state index in [1.807, 2.05) is 19.2 Å². The third kappa shape index (κ3) is 2.58. The lowest BCUT2D eigenvalue weighted by Gasteiger charge is -2.24. The second kappa shape index (κ2) is 5.71. The first kappa shape index (κ1) is 13.2. The van der Waals surface area contributed by atoms with Gasteiger partial charge in [-0.05, 0) is 37.6 Å². The largest absolute Gasteiger partial charge is 0.486 e. The number of nitrogens with zero attached hydrogens (tertiary/aromatic N) is 1. The first-order valence-electron chi connectivity index (χ1n) is 7.10. The van der Waals surface area contributed by atoms with Crippen molar-refractivity contribution in [3.05, 3.63) is 23.8 Å². The van der Waals surface area contributed by atoms with Gasteiger partial charge in [0.25, 0.3) is 5.91 Å².